The van der Waals surface area contributed by atoms with Crippen molar-refractivity contribution in [3.8, 4) is 0 Å². The number of para-hydroxylation sites is 1. The number of carbonyl (C=O) groups is 2. The van der Waals surface area contributed by atoms with E-state index in [1.807, 2.05) is 60.7 Å². The lowest BCUT2D eigenvalue weighted by Gasteiger charge is -2.06. The van der Waals surface area contributed by atoms with Gasteiger partial charge in [-0.1, -0.05) is 42.8 Å². The minimum Gasteiger partial charge on any atom is -0.355 e. The monoisotopic (exact) mass is 356 g/mol. The molecule has 0 saturated carbocycles. The van der Waals surface area contributed by atoms with Crippen LogP contribution in [-0.4, -0.2) is 24.1 Å². The summed E-state index contributed by atoms with van der Waals surface area (Å²) in [6.45, 7) is 0.661. The summed E-state index contributed by atoms with van der Waals surface area (Å²) in [6, 6.07) is 19.4. The normalized spacial score (nSPS) is 10.2. The Hall–Kier alpha value is -2.27. The summed E-state index contributed by atoms with van der Waals surface area (Å²) in [5.41, 5.74) is 0.829. The quantitative estimate of drug-likeness (QED) is 0.498. The number of benzene rings is 2. The summed E-state index contributed by atoms with van der Waals surface area (Å²) in [7, 11) is 0. The molecule has 0 heterocycles. The van der Waals surface area contributed by atoms with Crippen molar-refractivity contribution in [1.82, 2.24) is 5.32 Å². The largest absolute Gasteiger partial charge is 0.355 e. The van der Waals surface area contributed by atoms with E-state index in [9.17, 15) is 9.59 Å². The lowest BCUT2D eigenvalue weighted by Crippen LogP contribution is -2.26. The molecule has 2 rings (SSSR count). The molecule has 0 bridgehead atoms. The van der Waals surface area contributed by atoms with Gasteiger partial charge in [-0.2, -0.15) is 0 Å². The lowest BCUT2D eigenvalue weighted by molar-refractivity contribution is -0.118. The Bertz CT molecular complexity index is 647. The van der Waals surface area contributed by atoms with Gasteiger partial charge in [-0.3, -0.25) is 9.59 Å². The highest BCUT2D eigenvalue weighted by Gasteiger charge is 2.03. The van der Waals surface area contributed by atoms with Crippen molar-refractivity contribution in [2.75, 3.05) is 17.6 Å². The number of unbranched alkanes of at least 4 members (excludes halogenated alkanes) is 2. The third kappa shape index (κ3) is 8.40. The first-order valence-corrected chi connectivity index (χ1v) is 9.52. The third-order valence-corrected chi connectivity index (χ3v) is 4.59. The zero-order valence-electron chi connectivity index (χ0n) is 14.2. The van der Waals surface area contributed by atoms with E-state index in [0.717, 1.165) is 29.8 Å². The molecule has 0 aliphatic heterocycles. The van der Waals surface area contributed by atoms with E-state index < -0.39 is 0 Å². The third-order valence-electron chi connectivity index (χ3n) is 3.57. The molecule has 0 aliphatic rings. The molecule has 2 aromatic rings. The lowest BCUT2D eigenvalue weighted by atomic mass is 10.2. The molecule has 0 aromatic heterocycles. The van der Waals surface area contributed by atoms with E-state index in [1.54, 1.807) is 0 Å². The predicted octanol–water partition coefficient (Wildman–Crippen LogP) is 4.09. The van der Waals surface area contributed by atoms with Gasteiger partial charge in [-0.05, 0) is 37.1 Å². The fourth-order valence-electron chi connectivity index (χ4n) is 2.28. The minimum absolute atomic E-state index is 0.0366. The average molecular weight is 356 g/mol. The highest BCUT2D eigenvalue weighted by Crippen LogP contribution is 2.16. The van der Waals surface area contributed by atoms with Crippen molar-refractivity contribution in [2.45, 2.75) is 30.6 Å². The summed E-state index contributed by atoms with van der Waals surface area (Å²) < 4.78 is 0. The van der Waals surface area contributed by atoms with Crippen LogP contribution in [0, 0.1) is 0 Å². The van der Waals surface area contributed by atoms with E-state index in [0.29, 0.717) is 18.7 Å². The first-order valence-electron chi connectivity index (χ1n) is 8.53. The SMILES string of the molecule is O=C(CSc1ccccc1)NCCCCCC(=O)Nc1ccccc1. The van der Waals surface area contributed by atoms with Gasteiger partial charge in [0.1, 0.15) is 0 Å². The molecule has 0 atom stereocenters. The van der Waals surface area contributed by atoms with Gasteiger partial charge in [0.2, 0.25) is 11.8 Å². The standard InChI is InChI=1S/C20H24N2O2S/c23-19(22-17-10-4-1-5-11-17)14-8-3-9-15-21-20(24)16-25-18-12-6-2-7-13-18/h1-2,4-7,10-13H,3,8-9,14-16H2,(H,21,24)(H,22,23). The van der Waals surface area contributed by atoms with Crippen LogP contribution in [0.25, 0.3) is 0 Å². The first kappa shape index (κ1) is 19.1. The molecule has 2 N–H and O–H groups in total. The maximum absolute atomic E-state index is 11.8. The van der Waals surface area contributed by atoms with Gasteiger partial charge >= 0.3 is 0 Å². The van der Waals surface area contributed by atoms with Gasteiger partial charge in [-0.15, -0.1) is 11.8 Å². The van der Waals surface area contributed by atoms with Crippen LogP contribution in [0.5, 0.6) is 0 Å². The number of amides is 2. The molecule has 25 heavy (non-hydrogen) atoms. The van der Waals surface area contributed by atoms with Crippen LogP contribution < -0.4 is 10.6 Å². The van der Waals surface area contributed by atoms with Crippen LogP contribution in [-0.2, 0) is 9.59 Å². The second-order valence-electron chi connectivity index (χ2n) is 5.68. The summed E-state index contributed by atoms with van der Waals surface area (Å²) in [5.74, 6) is 0.522. The summed E-state index contributed by atoms with van der Waals surface area (Å²) in [6.07, 6.45) is 3.15. The van der Waals surface area contributed by atoms with Crippen molar-refractivity contribution < 1.29 is 9.59 Å². The second kappa shape index (κ2) is 11.3. The van der Waals surface area contributed by atoms with E-state index in [4.69, 9.17) is 0 Å². The van der Waals surface area contributed by atoms with Gasteiger partial charge in [0.25, 0.3) is 0 Å². The Balaban J connectivity index is 1.47. The molecule has 132 valence electrons. The first-order chi connectivity index (χ1) is 12.2. The molecule has 0 radical (unpaired) electrons. The zero-order chi connectivity index (χ0) is 17.7. The zero-order valence-corrected chi connectivity index (χ0v) is 15.1. The Kier molecular flexibility index (Phi) is 8.63. The second-order valence-corrected chi connectivity index (χ2v) is 6.73. The molecule has 0 unspecified atom stereocenters. The molecule has 0 saturated heterocycles. The highest BCUT2D eigenvalue weighted by atomic mass is 32.2. The summed E-state index contributed by atoms with van der Waals surface area (Å²) >= 11 is 1.54. The predicted molar refractivity (Wildman–Crippen MR) is 104 cm³/mol. The summed E-state index contributed by atoms with van der Waals surface area (Å²) in [4.78, 5) is 24.7. The van der Waals surface area contributed by atoms with Crippen molar-refractivity contribution >= 4 is 29.3 Å². The van der Waals surface area contributed by atoms with E-state index in [-0.39, 0.29) is 11.8 Å². The molecule has 0 aliphatic carbocycles. The molecular weight excluding hydrogens is 332 g/mol. The molecular formula is C20H24N2O2S. The Morgan fingerprint density at radius 2 is 1.48 bits per heavy atom. The van der Waals surface area contributed by atoms with Crippen molar-refractivity contribution in [3.63, 3.8) is 0 Å². The Morgan fingerprint density at radius 1 is 0.800 bits per heavy atom. The van der Waals surface area contributed by atoms with Crippen molar-refractivity contribution in [2.24, 2.45) is 0 Å². The number of hydrogen-bond donors (Lipinski definition) is 2. The van der Waals surface area contributed by atoms with Gasteiger partial charge < -0.3 is 10.6 Å². The summed E-state index contributed by atoms with van der Waals surface area (Å²) in [5, 5.41) is 5.79. The maximum atomic E-state index is 11.8. The topological polar surface area (TPSA) is 58.2 Å². The van der Waals surface area contributed by atoms with Gasteiger partial charge in [0.15, 0.2) is 0 Å². The van der Waals surface area contributed by atoms with Crippen molar-refractivity contribution in [1.29, 1.82) is 0 Å². The number of anilines is 1. The van der Waals surface area contributed by atoms with E-state index in [2.05, 4.69) is 10.6 Å². The molecule has 4 nitrogen and oxygen atoms in total. The highest BCUT2D eigenvalue weighted by molar-refractivity contribution is 8.00. The molecule has 5 heteroatoms. The van der Waals surface area contributed by atoms with Crippen LogP contribution in [0.3, 0.4) is 0 Å². The van der Waals surface area contributed by atoms with Gasteiger partial charge in [-0.25, -0.2) is 0 Å². The van der Waals surface area contributed by atoms with E-state index >= 15 is 0 Å². The van der Waals surface area contributed by atoms with Crippen LogP contribution in [0.15, 0.2) is 65.6 Å². The van der Waals surface area contributed by atoms with Crippen LogP contribution in [0.1, 0.15) is 25.7 Å². The number of nitrogens with one attached hydrogen (secondary N) is 2. The fourth-order valence-corrected chi connectivity index (χ4v) is 3.03. The van der Waals surface area contributed by atoms with Crippen LogP contribution >= 0.6 is 11.8 Å². The van der Waals surface area contributed by atoms with Gasteiger partial charge in [0, 0.05) is 23.5 Å². The maximum Gasteiger partial charge on any atom is 0.230 e. The number of hydrogen-bond acceptors (Lipinski definition) is 3. The molecule has 0 fully saturated rings. The number of rotatable bonds is 10. The molecule has 0 spiro atoms. The van der Waals surface area contributed by atoms with Gasteiger partial charge in [0.05, 0.1) is 5.75 Å². The van der Waals surface area contributed by atoms with E-state index in [1.165, 1.54) is 11.8 Å². The average Bonchev–Trinajstić information content (AvgIpc) is 2.64. The molecule has 2 amide bonds. The number of carbonyl (C=O) groups excluding carboxylic acids is 2. The Morgan fingerprint density at radius 3 is 2.20 bits per heavy atom. The fraction of sp³-hybridized carbons (Fsp3) is 0.300. The minimum atomic E-state index is 0.0366. The van der Waals surface area contributed by atoms with Crippen molar-refractivity contribution in [3.05, 3.63) is 60.7 Å². The molecule has 2 aromatic carbocycles. The Labute approximate surface area is 153 Å². The van der Waals surface area contributed by atoms with Crippen LogP contribution in [0.4, 0.5) is 5.69 Å². The number of thioether (sulfide) groups is 1. The smallest absolute Gasteiger partial charge is 0.230 e. The van der Waals surface area contributed by atoms with Crippen LogP contribution in [0.2, 0.25) is 0 Å².